The molecule has 31 heavy (non-hydrogen) atoms. The quantitative estimate of drug-likeness (QED) is 0.370. The van der Waals surface area contributed by atoms with Gasteiger partial charge in [-0.3, -0.25) is 0 Å². The Morgan fingerprint density at radius 1 is 0.968 bits per heavy atom. The van der Waals surface area contributed by atoms with Gasteiger partial charge < -0.3 is 5.73 Å². The highest BCUT2D eigenvalue weighted by atomic mass is 19.4. The summed E-state index contributed by atoms with van der Waals surface area (Å²) < 4.78 is 66.6. The number of halogens is 5. The topological polar surface area (TPSA) is 69.1 Å². The number of rotatable bonds is 2. The number of nitrogen functional groups attached to an aromatic ring is 1. The third kappa shape index (κ3) is 4.16. The first-order chi connectivity index (χ1) is 14.7. The number of pyridine rings is 1. The van der Waals surface area contributed by atoms with Gasteiger partial charge >= 0.3 is 6.18 Å². The van der Waals surface area contributed by atoms with E-state index in [4.69, 9.17) is 5.73 Å². The molecule has 4 aromatic rings. The molecular formula is C21H12F5N5. The summed E-state index contributed by atoms with van der Waals surface area (Å²) in [7, 11) is 0. The fourth-order valence-corrected chi connectivity index (χ4v) is 2.83. The smallest absolute Gasteiger partial charge is 0.384 e. The molecule has 3 heterocycles. The highest BCUT2D eigenvalue weighted by molar-refractivity contribution is 5.66. The van der Waals surface area contributed by atoms with Crippen molar-refractivity contribution in [1.29, 1.82) is 0 Å². The fraction of sp³-hybridized carbons (Fsp3) is 0.0952. The normalized spacial score (nSPS) is 11.5. The van der Waals surface area contributed by atoms with Gasteiger partial charge in [-0.05, 0) is 30.3 Å². The summed E-state index contributed by atoms with van der Waals surface area (Å²) in [6.45, 7) is 0. The Morgan fingerprint density at radius 3 is 2.32 bits per heavy atom. The van der Waals surface area contributed by atoms with Crippen LogP contribution in [0.2, 0.25) is 0 Å². The van der Waals surface area contributed by atoms with E-state index in [-0.39, 0.29) is 22.5 Å². The molecule has 0 aliphatic rings. The number of alkyl halides is 5. The number of hydrogen-bond donors (Lipinski definition) is 1. The first-order valence-corrected chi connectivity index (χ1v) is 8.80. The third-order valence-electron chi connectivity index (χ3n) is 4.36. The molecule has 5 nitrogen and oxygen atoms in total. The van der Waals surface area contributed by atoms with Crippen molar-refractivity contribution in [3.8, 4) is 23.1 Å². The lowest BCUT2D eigenvalue weighted by Gasteiger charge is -2.10. The van der Waals surface area contributed by atoms with E-state index in [1.807, 2.05) is 0 Å². The fourth-order valence-electron chi connectivity index (χ4n) is 2.83. The second-order valence-electron chi connectivity index (χ2n) is 6.46. The van der Waals surface area contributed by atoms with Crippen molar-refractivity contribution in [1.82, 2.24) is 19.6 Å². The van der Waals surface area contributed by atoms with Crippen molar-refractivity contribution in [2.24, 2.45) is 0 Å². The summed E-state index contributed by atoms with van der Waals surface area (Å²) in [5.74, 6) is 5.96. The van der Waals surface area contributed by atoms with Gasteiger partial charge in [0.05, 0.1) is 23.0 Å². The van der Waals surface area contributed by atoms with Gasteiger partial charge in [-0.25, -0.2) is 23.3 Å². The Kier molecular flexibility index (Phi) is 5.02. The van der Waals surface area contributed by atoms with Crippen molar-refractivity contribution in [2.45, 2.75) is 12.6 Å². The van der Waals surface area contributed by atoms with Gasteiger partial charge in [0.2, 0.25) is 0 Å². The molecule has 1 aromatic carbocycles. The third-order valence-corrected chi connectivity index (χ3v) is 4.36. The summed E-state index contributed by atoms with van der Waals surface area (Å²) >= 11 is 0. The zero-order valence-electron chi connectivity index (χ0n) is 15.5. The van der Waals surface area contributed by atoms with E-state index in [9.17, 15) is 22.0 Å². The van der Waals surface area contributed by atoms with Gasteiger partial charge in [-0.1, -0.05) is 24.0 Å². The van der Waals surface area contributed by atoms with Gasteiger partial charge in [-0.2, -0.15) is 18.3 Å². The average Bonchev–Trinajstić information content (AvgIpc) is 3.15. The monoisotopic (exact) mass is 429 g/mol. The molecule has 3 aromatic heterocycles. The Labute approximate surface area is 172 Å². The largest absolute Gasteiger partial charge is 0.416 e. The molecule has 156 valence electrons. The first kappa shape index (κ1) is 20.3. The maximum absolute atomic E-state index is 13.6. The van der Waals surface area contributed by atoms with Gasteiger partial charge in [-0.15, -0.1) is 0 Å². The van der Waals surface area contributed by atoms with Crippen LogP contribution in [-0.2, 0) is 6.18 Å². The minimum Gasteiger partial charge on any atom is -0.384 e. The predicted octanol–water partition coefficient (Wildman–Crippen LogP) is 4.73. The second kappa shape index (κ2) is 7.68. The zero-order valence-corrected chi connectivity index (χ0v) is 15.5. The maximum atomic E-state index is 13.6. The number of nitrogens with zero attached hydrogens (tertiary/aromatic N) is 4. The first-order valence-electron chi connectivity index (χ1n) is 8.80. The minimum absolute atomic E-state index is 0.0589. The van der Waals surface area contributed by atoms with Crippen LogP contribution in [0.4, 0.5) is 27.8 Å². The molecule has 0 bridgehead atoms. The van der Waals surface area contributed by atoms with Crippen LogP contribution in [0.15, 0.2) is 54.9 Å². The lowest BCUT2D eigenvalue weighted by atomic mass is 10.1. The van der Waals surface area contributed by atoms with E-state index in [0.717, 1.165) is 22.7 Å². The molecule has 0 radical (unpaired) electrons. The molecule has 0 unspecified atom stereocenters. The Balaban J connectivity index is 1.81. The van der Waals surface area contributed by atoms with Crippen LogP contribution >= 0.6 is 0 Å². The SMILES string of the molecule is Nc1ccc(C#Cc2cnn3c(C(F)F)cc(-c4ccc(C(F)(F)F)cc4)nc23)cn1. The lowest BCUT2D eigenvalue weighted by molar-refractivity contribution is -0.137. The van der Waals surface area contributed by atoms with Crippen molar-refractivity contribution < 1.29 is 22.0 Å². The molecule has 0 aliphatic carbocycles. The zero-order chi connectivity index (χ0) is 22.2. The molecule has 10 heteroatoms. The van der Waals surface area contributed by atoms with Gasteiger partial charge in [0, 0.05) is 17.3 Å². The predicted molar refractivity (Wildman–Crippen MR) is 103 cm³/mol. The summed E-state index contributed by atoms with van der Waals surface area (Å²) in [5.41, 5.74) is 5.42. The maximum Gasteiger partial charge on any atom is 0.416 e. The van der Waals surface area contributed by atoms with E-state index < -0.39 is 23.9 Å². The molecule has 0 fully saturated rings. The number of hydrogen-bond acceptors (Lipinski definition) is 4. The van der Waals surface area contributed by atoms with Crippen molar-refractivity contribution in [3.05, 3.63) is 77.2 Å². The Morgan fingerprint density at radius 2 is 1.71 bits per heavy atom. The number of nitrogens with two attached hydrogens (primary N) is 1. The van der Waals surface area contributed by atoms with Crippen LogP contribution in [0.5, 0.6) is 0 Å². The molecule has 4 rings (SSSR count). The molecule has 0 atom stereocenters. The standard InChI is InChI=1S/C21H12F5N5/c22-19(23)17-9-16(13-4-6-15(7-5-13)21(24,25)26)30-20-14(11-29-31(17)20)3-1-12-2-8-18(27)28-10-12/h2,4-11,19H,(H2,27,28). The molecule has 0 saturated heterocycles. The van der Waals surface area contributed by atoms with Crippen LogP contribution < -0.4 is 5.73 Å². The van der Waals surface area contributed by atoms with Crippen molar-refractivity contribution in [3.63, 3.8) is 0 Å². The summed E-state index contributed by atoms with van der Waals surface area (Å²) in [6, 6.07) is 8.40. The molecular weight excluding hydrogens is 417 g/mol. The van der Waals surface area contributed by atoms with E-state index >= 15 is 0 Å². The van der Waals surface area contributed by atoms with Gasteiger partial charge in [0.15, 0.2) is 5.65 Å². The Hall–Kier alpha value is -4.00. The van der Waals surface area contributed by atoms with Crippen LogP contribution in [0.3, 0.4) is 0 Å². The summed E-state index contributed by atoms with van der Waals surface area (Å²) in [5, 5.41) is 3.93. The van der Waals surface area contributed by atoms with Crippen LogP contribution in [0.25, 0.3) is 16.9 Å². The molecule has 0 saturated carbocycles. The molecule has 2 N–H and O–H groups in total. The Bertz CT molecular complexity index is 1300. The minimum atomic E-state index is -4.50. The number of fused-ring (bicyclic) bond motifs is 1. The van der Waals surface area contributed by atoms with E-state index in [2.05, 4.69) is 26.9 Å². The number of anilines is 1. The second-order valence-corrected chi connectivity index (χ2v) is 6.46. The number of benzene rings is 1. The molecule has 0 spiro atoms. The highest BCUT2D eigenvalue weighted by Crippen LogP contribution is 2.32. The van der Waals surface area contributed by atoms with Crippen LogP contribution in [-0.4, -0.2) is 19.6 Å². The van der Waals surface area contributed by atoms with Crippen LogP contribution in [0, 0.1) is 11.8 Å². The summed E-state index contributed by atoms with van der Waals surface area (Å²) in [4.78, 5) is 8.23. The van der Waals surface area contributed by atoms with Gasteiger partial charge in [0.1, 0.15) is 11.5 Å². The van der Waals surface area contributed by atoms with E-state index in [1.54, 1.807) is 12.1 Å². The average molecular weight is 429 g/mol. The molecule has 0 amide bonds. The summed E-state index contributed by atoms with van der Waals surface area (Å²) in [6.07, 6.45) is -4.64. The lowest BCUT2D eigenvalue weighted by Crippen LogP contribution is -2.05. The van der Waals surface area contributed by atoms with E-state index in [1.165, 1.54) is 24.5 Å². The van der Waals surface area contributed by atoms with E-state index in [0.29, 0.717) is 11.4 Å². The molecule has 0 aliphatic heterocycles. The number of aromatic nitrogens is 4. The van der Waals surface area contributed by atoms with Crippen molar-refractivity contribution in [2.75, 3.05) is 5.73 Å². The highest BCUT2D eigenvalue weighted by Gasteiger charge is 2.30. The van der Waals surface area contributed by atoms with Crippen molar-refractivity contribution >= 4 is 11.5 Å². The van der Waals surface area contributed by atoms with Crippen LogP contribution in [0.1, 0.15) is 28.8 Å². The van der Waals surface area contributed by atoms with Gasteiger partial charge in [0.25, 0.3) is 6.43 Å².